The van der Waals surface area contributed by atoms with E-state index < -0.39 is 11.9 Å². The van der Waals surface area contributed by atoms with Crippen LogP contribution < -0.4 is 10.5 Å². The van der Waals surface area contributed by atoms with Gasteiger partial charge in [0.1, 0.15) is 12.4 Å². The summed E-state index contributed by atoms with van der Waals surface area (Å²) in [7, 11) is 0. The number of amides is 1. The first kappa shape index (κ1) is 14.5. The lowest BCUT2D eigenvalue weighted by Gasteiger charge is -2.07. The van der Waals surface area contributed by atoms with Crippen LogP contribution in [0.3, 0.4) is 0 Å². The Kier molecular flexibility index (Phi) is 3.77. The van der Waals surface area contributed by atoms with Crippen molar-refractivity contribution in [3.63, 3.8) is 0 Å². The molecule has 3 rings (SSSR count). The van der Waals surface area contributed by atoms with Crippen molar-refractivity contribution in [2.75, 3.05) is 0 Å². The van der Waals surface area contributed by atoms with E-state index in [1.165, 1.54) is 17.5 Å². The zero-order valence-corrected chi connectivity index (χ0v) is 12.6. The first-order chi connectivity index (χ1) is 10.6. The molecule has 3 aromatic rings. The van der Waals surface area contributed by atoms with Crippen LogP contribution >= 0.6 is 11.3 Å². The molecule has 2 aromatic heterocycles. The fourth-order valence-corrected chi connectivity index (χ4v) is 3.33. The molecule has 0 saturated heterocycles. The monoisotopic (exact) mass is 316 g/mol. The Hall–Kier alpha value is -2.47. The third-order valence-electron chi connectivity index (χ3n) is 3.31. The first-order valence-corrected chi connectivity index (χ1v) is 7.43. The van der Waals surface area contributed by atoms with E-state index in [4.69, 9.17) is 10.5 Å². The minimum atomic E-state index is -0.548. The van der Waals surface area contributed by atoms with Gasteiger partial charge in [0.2, 0.25) is 11.9 Å². The van der Waals surface area contributed by atoms with Crippen LogP contribution in [0.15, 0.2) is 36.5 Å². The SMILES string of the molecule is Cc1sc2ccc(OCc3cccnc3F)cc2c1C(N)=O. The molecule has 0 radical (unpaired) electrons. The normalized spacial score (nSPS) is 10.8. The van der Waals surface area contributed by atoms with Crippen molar-refractivity contribution in [2.45, 2.75) is 13.5 Å². The van der Waals surface area contributed by atoms with Crippen LogP contribution in [0.5, 0.6) is 5.75 Å². The predicted molar refractivity (Wildman–Crippen MR) is 83.6 cm³/mol. The summed E-state index contributed by atoms with van der Waals surface area (Å²) in [6, 6.07) is 8.68. The van der Waals surface area contributed by atoms with Crippen LogP contribution in [-0.2, 0) is 6.61 Å². The zero-order chi connectivity index (χ0) is 15.7. The topological polar surface area (TPSA) is 65.2 Å². The number of aryl methyl sites for hydroxylation is 1. The van der Waals surface area contributed by atoms with Gasteiger partial charge in [-0.2, -0.15) is 4.39 Å². The summed E-state index contributed by atoms with van der Waals surface area (Å²) in [5, 5.41) is 0.763. The van der Waals surface area contributed by atoms with E-state index in [1.807, 2.05) is 13.0 Å². The second-order valence-electron chi connectivity index (χ2n) is 4.80. The number of carbonyl (C=O) groups is 1. The number of nitrogens with zero attached hydrogens (tertiary/aromatic N) is 1. The number of fused-ring (bicyclic) bond motifs is 1. The Morgan fingerprint density at radius 2 is 2.23 bits per heavy atom. The molecule has 0 spiro atoms. The number of thiophene rings is 1. The molecule has 2 N–H and O–H groups in total. The molecule has 0 bridgehead atoms. The van der Waals surface area contributed by atoms with E-state index >= 15 is 0 Å². The van der Waals surface area contributed by atoms with Gasteiger partial charge in [0, 0.05) is 26.7 Å². The number of halogens is 1. The maximum absolute atomic E-state index is 13.5. The van der Waals surface area contributed by atoms with Gasteiger partial charge in [0.15, 0.2) is 0 Å². The quantitative estimate of drug-likeness (QED) is 0.750. The summed E-state index contributed by atoms with van der Waals surface area (Å²) in [4.78, 5) is 16.0. The number of aromatic nitrogens is 1. The van der Waals surface area contributed by atoms with Gasteiger partial charge in [0.05, 0.1) is 5.56 Å². The van der Waals surface area contributed by atoms with Crippen molar-refractivity contribution < 1.29 is 13.9 Å². The Bertz CT molecular complexity index is 860. The van der Waals surface area contributed by atoms with Crippen molar-refractivity contribution >= 4 is 27.3 Å². The standard InChI is InChI=1S/C16H13FN2O2S/c1-9-14(16(18)20)12-7-11(4-5-13(12)22-9)21-8-10-3-2-6-19-15(10)17/h2-7H,8H2,1H3,(H2,18,20). The molecule has 112 valence electrons. The van der Waals surface area contributed by atoms with Gasteiger partial charge < -0.3 is 10.5 Å². The van der Waals surface area contributed by atoms with Crippen LogP contribution in [0.1, 0.15) is 20.8 Å². The van der Waals surface area contributed by atoms with E-state index in [1.54, 1.807) is 24.3 Å². The lowest BCUT2D eigenvalue weighted by Crippen LogP contribution is -2.11. The van der Waals surface area contributed by atoms with Gasteiger partial charge in [-0.05, 0) is 37.3 Å². The molecule has 0 aliphatic heterocycles. The highest BCUT2D eigenvalue weighted by Crippen LogP contribution is 2.33. The maximum atomic E-state index is 13.5. The molecule has 4 nitrogen and oxygen atoms in total. The number of rotatable bonds is 4. The molecule has 0 fully saturated rings. The third kappa shape index (κ3) is 2.65. The van der Waals surface area contributed by atoms with E-state index in [2.05, 4.69) is 4.98 Å². The van der Waals surface area contributed by atoms with Crippen LogP contribution in [0.4, 0.5) is 4.39 Å². The third-order valence-corrected chi connectivity index (χ3v) is 4.40. The molecule has 0 atom stereocenters. The number of carbonyl (C=O) groups excluding carboxylic acids is 1. The molecule has 1 aromatic carbocycles. The lowest BCUT2D eigenvalue weighted by atomic mass is 10.1. The molecule has 6 heteroatoms. The molecule has 1 amide bonds. The number of hydrogen-bond acceptors (Lipinski definition) is 4. The average molecular weight is 316 g/mol. The minimum absolute atomic E-state index is 0.0696. The zero-order valence-electron chi connectivity index (χ0n) is 11.8. The molecular formula is C16H13FN2O2S. The van der Waals surface area contributed by atoms with Gasteiger partial charge in [0.25, 0.3) is 0 Å². The van der Waals surface area contributed by atoms with Crippen LogP contribution in [0.2, 0.25) is 0 Å². The second kappa shape index (κ2) is 5.73. The van der Waals surface area contributed by atoms with Crippen molar-refractivity contribution in [3.8, 4) is 5.75 Å². The second-order valence-corrected chi connectivity index (χ2v) is 6.05. The summed E-state index contributed by atoms with van der Waals surface area (Å²) in [5.41, 5.74) is 6.32. The van der Waals surface area contributed by atoms with Gasteiger partial charge in [-0.3, -0.25) is 4.79 Å². The molecule has 2 heterocycles. The maximum Gasteiger partial charge on any atom is 0.250 e. The number of pyridine rings is 1. The highest BCUT2D eigenvalue weighted by Gasteiger charge is 2.14. The summed E-state index contributed by atoms with van der Waals surface area (Å²) >= 11 is 1.51. The number of ether oxygens (including phenoxy) is 1. The van der Waals surface area contributed by atoms with Crippen molar-refractivity contribution in [1.29, 1.82) is 0 Å². The van der Waals surface area contributed by atoms with Crippen LogP contribution in [-0.4, -0.2) is 10.9 Å². The van der Waals surface area contributed by atoms with Gasteiger partial charge in [-0.15, -0.1) is 11.3 Å². The Labute approximate surface area is 130 Å². The fourth-order valence-electron chi connectivity index (χ4n) is 2.28. The molecule has 22 heavy (non-hydrogen) atoms. The Balaban J connectivity index is 1.90. The summed E-state index contributed by atoms with van der Waals surface area (Å²) in [6.07, 6.45) is 1.39. The van der Waals surface area contributed by atoms with E-state index in [0.29, 0.717) is 16.9 Å². The lowest BCUT2D eigenvalue weighted by molar-refractivity contribution is 0.100. The molecular weight excluding hydrogens is 303 g/mol. The van der Waals surface area contributed by atoms with Gasteiger partial charge >= 0.3 is 0 Å². The average Bonchev–Trinajstić information content (AvgIpc) is 2.81. The van der Waals surface area contributed by atoms with Crippen molar-refractivity contribution in [2.24, 2.45) is 5.73 Å². The van der Waals surface area contributed by atoms with Crippen LogP contribution in [0, 0.1) is 12.9 Å². The summed E-state index contributed by atoms with van der Waals surface area (Å²) in [5.74, 6) is -0.456. The van der Waals surface area contributed by atoms with Gasteiger partial charge in [-0.1, -0.05) is 0 Å². The fraction of sp³-hybridized carbons (Fsp3) is 0.125. The predicted octanol–water partition coefficient (Wildman–Crippen LogP) is 3.42. The van der Waals surface area contributed by atoms with Crippen LogP contribution in [0.25, 0.3) is 10.1 Å². The number of benzene rings is 1. The van der Waals surface area contributed by atoms with E-state index in [9.17, 15) is 9.18 Å². The van der Waals surface area contributed by atoms with Crippen molar-refractivity contribution in [3.05, 3.63) is 58.5 Å². The number of hydrogen-bond donors (Lipinski definition) is 1. The molecule has 0 aliphatic carbocycles. The van der Waals surface area contributed by atoms with E-state index in [0.717, 1.165) is 15.0 Å². The molecule has 0 aliphatic rings. The Morgan fingerprint density at radius 1 is 1.41 bits per heavy atom. The largest absolute Gasteiger partial charge is 0.489 e. The van der Waals surface area contributed by atoms with E-state index in [-0.39, 0.29) is 6.61 Å². The highest BCUT2D eigenvalue weighted by molar-refractivity contribution is 7.19. The summed E-state index contributed by atoms with van der Waals surface area (Å²) in [6.45, 7) is 1.93. The van der Waals surface area contributed by atoms with Crippen molar-refractivity contribution in [1.82, 2.24) is 4.98 Å². The summed E-state index contributed by atoms with van der Waals surface area (Å²) < 4.78 is 20.0. The molecule has 0 saturated carbocycles. The Morgan fingerprint density at radius 3 is 2.95 bits per heavy atom. The number of primary amides is 1. The highest BCUT2D eigenvalue weighted by atomic mass is 32.1. The molecule has 0 unspecified atom stereocenters. The smallest absolute Gasteiger partial charge is 0.250 e. The number of nitrogens with two attached hydrogens (primary N) is 1. The van der Waals surface area contributed by atoms with Gasteiger partial charge in [-0.25, -0.2) is 4.98 Å². The first-order valence-electron chi connectivity index (χ1n) is 6.61. The minimum Gasteiger partial charge on any atom is -0.489 e.